The van der Waals surface area contributed by atoms with E-state index in [0.717, 1.165) is 34.3 Å². The van der Waals surface area contributed by atoms with Crippen LogP contribution >= 0.6 is 11.3 Å². The Morgan fingerprint density at radius 3 is 3.07 bits per heavy atom. The summed E-state index contributed by atoms with van der Waals surface area (Å²) in [5, 5.41) is 8.27. The number of pyridine rings is 1. The SMILES string of the molecule is C[C@H]1CCc2sc3ncn4nc(C(=O)NCc5ccncc5)nc4c3c2C1. The topological polar surface area (TPSA) is 85.1 Å². The Morgan fingerprint density at radius 2 is 2.22 bits per heavy atom. The Hall–Kier alpha value is -2.87. The van der Waals surface area contributed by atoms with Gasteiger partial charge in [0.05, 0.1) is 5.39 Å². The largest absolute Gasteiger partial charge is 0.345 e. The number of aryl methyl sites for hydroxylation is 1. The van der Waals surface area contributed by atoms with Gasteiger partial charge in [-0.15, -0.1) is 16.4 Å². The van der Waals surface area contributed by atoms with Gasteiger partial charge in [-0.2, -0.15) is 0 Å². The van der Waals surface area contributed by atoms with Crippen molar-refractivity contribution in [1.29, 1.82) is 0 Å². The number of hydrogen-bond donors (Lipinski definition) is 1. The van der Waals surface area contributed by atoms with Crippen molar-refractivity contribution in [2.24, 2.45) is 5.92 Å². The lowest BCUT2D eigenvalue weighted by molar-refractivity contribution is 0.0940. The molecule has 0 aliphatic heterocycles. The summed E-state index contributed by atoms with van der Waals surface area (Å²) in [6.07, 6.45) is 8.40. The highest BCUT2D eigenvalue weighted by Crippen LogP contribution is 2.38. The predicted molar refractivity (Wildman–Crippen MR) is 103 cm³/mol. The zero-order chi connectivity index (χ0) is 18.4. The quantitative estimate of drug-likeness (QED) is 0.592. The molecule has 1 amide bonds. The van der Waals surface area contributed by atoms with E-state index in [1.54, 1.807) is 34.6 Å². The van der Waals surface area contributed by atoms with E-state index >= 15 is 0 Å². The summed E-state index contributed by atoms with van der Waals surface area (Å²) in [5.41, 5.74) is 3.04. The number of rotatable bonds is 3. The van der Waals surface area contributed by atoms with Crippen LogP contribution in [0.1, 0.15) is 40.0 Å². The summed E-state index contributed by atoms with van der Waals surface area (Å²) < 4.78 is 1.62. The third-order valence-corrected chi connectivity index (χ3v) is 6.23. The average Bonchev–Trinajstić information content (AvgIpc) is 3.27. The van der Waals surface area contributed by atoms with E-state index in [1.807, 2.05) is 12.1 Å². The Balaban J connectivity index is 1.50. The number of thiophene rings is 1. The number of fused-ring (bicyclic) bond motifs is 5. The lowest BCUT2D eigenvalue weighted by atomic mass is 9.89. The van der Waals surface area contributed by atoms with Crippen LogP contribution in [0.3, 0.4) is 0 Å². The first-order chi connectivity index (χ1) is 13.2. The number of nitrogens with zero attached hydrogens (tertiary/aromatic N) is 5. The molecule has 0 radical (unpaired) electrons. The Kier molecular flexibility index (Phi) is 3.86. The average molecular weight is 378 g/mol. The van der Waals surface area contributed by atoms with Gasteiger partial charge in [0.25, 0.3) is 5.91 Å². The maximum atomic E-state index is 12.5. The van der Waals surface area contributed by atoms with Crippen LogP contribution in [0.2, 0.25) is 0 Å². The van der Waals surface area contributed by atoms with Gasteiger partial charge < -0.3 is 5.32 Å². The van der Waals surface area contributed by atoms with Crippen molar-refractivity contribution in [3.63, 3.8) is 0 Å². The van der Waals surface area contributed by atoms with Crippen LogP contribution in [-0.4, -0.2) is 30.5 Å². The van der Waals surface area contributed by atoms with E-state index in [4.69, 9.17) is 0 Å². The first-order valence-corrected chi connectivity index (χ1v) is 9.83. The Bertz CT molecular complexity index is 1150. The van der Waals surface area contributed by atoms with Gasteiger partial charge in [0.1, 0.15) is 11.2 Å². The van der Waals surface area contributed by atoms with Gasteiger partial charge in [-0.3, -0.25) is 9.78 Å². The molecule has 5 rings (SSSR count). The molecular formula is C19H18N6OS. The van der Waals surface area contributed by atoms with E-state index in [0.29, 0.717) is 12.5 Å². The van der Waals surface area contributed by atoms with E-state index < -0.39 is 0 Å². The molecule has 0 saturated heterocycles. The Morgan fingerprint density at radius 1 is 1.37 bits per heavy atom. The van der Waals surface area contributed by atoms with E-state index in [9.17, 15) is 4.79 Å². The minimum Gasteiger partial charge on any atom is -0.345 e. The van der Waals surface area contributed by atoms with Crippen LogP contribution in [0.15, 0.2) is 30.9 Å². The molecule has 0 aromatic carbocycles. The van der Waals surface area contributed by atoms with Crippen molar-refractivity contribution in [2.45, 2.75) is 32.7 Å². The van der Waals surface area contributed by atoms with Crippen LogP contribution in [0.4, 0.5) is 0 Å². The number of nitrogens with one attached hydrogen (secondary N) is 1. The third-order valence-electron chi connectivity index (χ3n) is 5.03. The summed E-state index contributed by atoms with van der Waals surface area (Å²) >= 11 is 1.74. The first-order valence-electron chi connectivity index (χ1n) is 9.02. The maximum Gasteiger partial charge on any atom is 0.291 e. The highest BCUT2D eigenvalue weighted by Gasteiger charge is 2.24. The van der Waals surface area contributed by atoms with Gasteiger partial charge in [0.2, 0.25) is 5.82 Å². The molecule has 1 aliphatic carbocycles. The van der Waals surface area contributed by atoms with E-state index in [2.05, 4.69) is 32.3 Å². The van der Waals surface area contributed by atoms with Crippen molar-refractivity contribution in [2.75, 3.05) is 0 Å². The van der Waals surface area contributed by atoms with Crippen LogP contribution in [0.25, 0.3) is 15.9 Å². The molecule has 0 bridgehead atoms. The van der Waals surface area contributed by atoms with Crippen LogP contribution in [0, 0.1) is 5.92 Å². The predicted octanol–water partition coefficient (Wildman–Crippen LogP) is 2.79. The second kappa shape index (κ2) is 6.38. The molecule has 4 aromatic rings. The fourth-order valence-electron chi connectivity index (χ4n) is 3.60. The summed E-state index contributed by atoms with van der Waals surface area (Å²) in [4.78, 5) is 28.0. The molecule has 7 nitrogen and oxygen atoms in total. The summed E-state index contributed by atoms with van der Waals surface area (Å²) in [5.74, 6) is 0.532. The molecule has 0 fully saturated rings. The van der Waals surface area contributed by atoms with Crippen molar-refractivity contribution in [1.82, 2.24) is 29.9 Å². The molecule has 1 atom stereocenters. The minimum atomic E-state index is -0.291. The Labute approximate surface area is 159 Å². The van der Waals surface area contributed by atoms with Gasteiger partial charge in [0, 0.05) is 23.8 Å². The molecule has 1 aliphatic rings. The standard InChI is InChI=1S/C19H18N6OS/c1-11-2-3-14-13(8-11)15-17-23-16(24-25(17)10-22-19(15)27-14)18(26)21-9-12-4-6-20-7-5-12/h4-7,10-11H,2-3,8-9H2,1H3,(H,21,26)/t11-/m0/s1. The molecular weight excluding hydrogens is 360 g/mol. The van der Waals surface area contributed by atoms with Crippen molar-refractivity contribution in [3.8, 4) is 0 Å². The molecule has 4 aromatic heterocycles. The molecule has 27 heavy (non-hydrogen) atoms. The molecule has 0 spiro atoms. The van der Waals surface area contributed by atoms with Gasteiger partial charge in [-0.05, 0) is 48.4 Å². The lowest BCUT2D eigenvalue weighted by Gasteiger charge is -2.17. The van der Waals surface area contributed by atoms with E-state index in [-0.39, 0.29) is 11.7 Å². The van der Waals surface area contributed by atoms with Crippen molar-refractivity contribution in [3.05, 3.63) is 52.7 Å². The summed E-state index contributed by atoms with van der Waals surface area (Å²) in [7, 11) is 0. The number of hydrogen-bond acceptors (Lipinski definition) is 6. The fourth-order valence-corrected chi connectivity index (χ4v) is 4.78. The van der Waals surface area contributed by atoms with Crippen LogP contribution < -0.4 is 5.32 Å². The lowest BCUT2D eigenvalue weighted by Crippen LogP contribution is -2.24. The number of carbonyl (C=O) groups is 1. The van der Waals surface area contributed by atoms with Gasteiger partial charge >= 0.3 is 0 Å². The highest BCUT2D eigenvalue weighted by atomic mass is 32.1. The van der Waals surface area contributed by atoms with Crippen molar-refractivity contribution < 1.29 is 4.79 Å². The van der Waals surface area contributed by atoms with Crippen LogP contribution in [-0.2, 0) is 19.4 Å². The summed E-state index contributed by atoms with van der Waals surface area (Å²) in [6, 6.07) is 3.73. The number of aromatic nitrogens is 5. The van der Waals surface area contributed by atoms with Gasteiger partial charge in [0.15, 0.2) is 5.65 Å². The molecule has 1 N–H and O–H groups in total. The number of carbonyl (C=O) groups excluding carboxylic acids is 1. The van der Waals surface area contributed by atoms with Crippen molar-refractivity contribution >= 4 is 33.1 Å². The monoisotopic (exact) mass is 378 g/mol. The van der Waals surface area contributed by atoms with Crippen LogP contribution in [0.5, 0.6) is 0 Å². The summed E-state index contributed by atoms with van der Waals surface area (Å²) in [6.45, 7) is 2.69. The second-order valence-electron chi connectivity index (χ2n) is 7.02. The first kappa shape index (κ1) is 16.3. The van der Waals surface area contributed by atoms with Gasteiger partial charge in [-0.1, -0.05) is 6.92 Å². The molecule has 0 unspecified atom stereocenters. The van der Waals surface area contributed by atoms with Gasteiger partial charge in [-0.25, -0.2) is 14.5 Å². The molecule has 0 saturated carbocycles. The number of amides is 1. The fraction of sp³-hybridized carbons (Fsp3) is 0.316. The normalized spacial score (nSPS) is 16.6. The third kappa shape index (κ3) is 2.86. The van der Waals surface area contributed by atoms with E-state index in [1.165, 1.54) is 16.9 Å². The smallest absolute Gasteiger partial charge is 0.291 e. The molecule has 4 heterocycles. The zero-order valence-electron chi connectivity index (χ0n) is 14.8. The maximum absolute atomic E-state index is 12.5. The minimum absolute atomic E-state index is 0.169. The second-order valence-corrected chi connectivity index (χ2v) is 8.10. The zero-order valence-corrected chi connectivity index (χ0v) is 15.7. The highest BCUT2D eigenvalue weighted by molar-refractivity contribution is 7.19. The molecule has 8 heteroatoms. The molecule has 136 valence electrons.